The lowest BCUT2D eigenvalue weighted by Gasteiger charge is -2.36. The molecule has 0 amide bonds. The Morgan fingerprint density at radius 1 is 1.16 bits per heavy atom. The first kappa shape index (κ1) is 23.0. The van der Waals surface area contributed by atoms with E-state index in [0.29, 0.717) is 49.4 Å². The Balaban J connectivity index is 1.56. The van der Waals surface area contributed by atoms with Crippen LogP contribution in [0, 0.1) is 11.7 Å². The molecule has 168 valence electrons. The minimum Gasteiger partial charge on any atom is -0.497 e. The number of hydrogen-bond donors (Lipinski definition) is 2. The Morgan fingerprint density at radius 2 is 1.90 bits per heavy atom. The Kier molecular flexibility index (Phi) is 7.51. The first-order valence-electron chi connectivity index (χ1n) is 10.4. The number of benzene rings is 2. The molecule has 0 aromatic heterocycles. The van der Waals surface area contributed by atoms with Gasteiger partial charge in [-0.05, 0) is 67.5 Å². The van der Waals surface area contributed by atoms with Gasteiger partial charge in [0, 0.05) is 5.56 Å². The first-order chi connectivity index (χ1) is 14.8. The van der Waals surface area contributed by atoms with Gasteiger partial charge in [-0.25, -0.2) is 4.39 Å². The van der Waals surface area contributed by atoms with Gasteiger partial charge in [0.1, 0.15) is 17.3 Å². The molecule has 31 heavy (non-hydrogen) atoms. The molecule has 0 saturated heterocycles. The summed E-state index contributed by atoms with van der Waals surface area (Å²) in [7, 11) is 2.79. The van der Waals surface area contributed by atoms with E-state index in [-0.39, 0.29) is 17.9 Å². The number of carbonyl (C=O) groups is 1. The highest BCUT2D eigenvalue weighted by molar-refractivity contribution is 5.70. The smallest absolute Gasteiger partial charge is 0.308 e. The predicted molar refractivity (Wildman–Crippen MR) is 112 cm³/mol. The Morgan fingerprint density at radius 3 is 2.58 bits per heavy atom. The second-order valence-corrected chi connectivity index (χ2v) is 8.00. The van der Waals surface area contributed by atoms with Crippen LogP contribution in [0.15, 0.2) is 42.5 Å². The molecule has 1 aliphatic carbocycles. The number of hydrogen-bond acceptors (Lipinski definition) is 6. The van der Waals surface area contributed by atoms with E-state index >= 15 is 0 Å². The van der Waals surface area contributed by atoms with Gasteiger partial charge in [-0.3, -0.25) is 4.79 Å². The molecular weight excluding hydrogens is 403 g/mol. The molecule has 7 heteroatoms. The summed E-state index contributed by atoms with van der Waals surface area (Å²) in [6.45, 7) is 0.452. The molecule has 2 aromatic rings. The van der Waals surface area contributed by atoms with Gasteiger partial charge in [0.25, 0.3) is 0 Å². The highest BCUT2D eigenvalue weighted by atomic mass is 19.1. The van der Waals surface area contributed by atoms with Gasteiger partial charge in [-0.2, -0.15) is 0 Å². The molecule has 0 unspecified atom stereocenters. The van der Waals surface area contributed by atoms with Crippen molar-refractivity contribution in [3.8, 4) is 11.5 Å². The second kappa shape index (κ2) is 10.1. The van der Waals surface area contributed by atoms with E-state index in [2.05, 4.69) is 4.74 Å². The largest absolute Gasteiger partial charge is 0.497 e. The standard InChI is InChI=1S/C24H29FO6/c1-29-18-6-7-21(25)20(13-18)24(28)10-8-16(9-11-24)15-31-19-5-3-4-17(12-19)22(26)14-23(27)30-2/h3-7,12-13,16,22,26,28H,8-11,14-15H2,1-2H3/t16?,22-,24?/m1/s1. The molecule has 0 bridgehead atoms. The Bertz CT molecular complexity index is 891. The normalized spacial score (nSPS) is 21.9. The molecular formula is C24H29FO6. The molecule has 0 radical (unpaired) electrons. The fourth-order valence-corrected chi connectivity index (χ4v) is 3.96. The van der Waals surface area contributed by atoms with Crippen molar-refractivity contribution in [3.63, 3.8) is 0 Å². The van der Waals surface area contributed by atoms with Crippen molar-refractivity contribution in [2.24, 2.45) is 5.92 Å². The van der Waals surface area contributed by atoms with Crippen molar-refractivity contribution >= 4 is 5.97 Å². The van der Waals surface area contributed by atoms with Crippen LogP contribution in [0.25, 0.3) is 0 Å². The lowest BCUT2D eigenvalue weighted by Crippen LogP contribution is -2.34. The van der Waals surface area contributed by atoms with E-state index in [1.807, 2.05) is 0 Å². The highest BCUT2D eigenvalue weighted by Gasteiger charge is 2.37. The number of aliphatic hydroxyl groups is 2. The van der Waals surface area contributed by atoms with E-state index in [9.17, 15) is 19.4 Å². The van der Waals surface area contributed by atoms with Crippen molar-refractivity contribution in [2.75, 3.05) is 20.8 Å². The summed E-state index contributed by atoms with van der Waals surface area (Å²) in [6, 6.07) is 11.4. The SMILES string of the molecule is COC(=O)C[C@@H](O)c1cccc(OCC2CCC(O)(c3cc(OC)ccc3F)CC2)c1. The molecule has 6 nitrogen and oxygen atoms in total. The maximum atomic E-state index is 14.3. The number of esters is 1. The molecule has 0 aliphatic heterocycles. The second-order valence-electron chi connectivity index (χ2n) is 8.00. The van der Waals surface area contributed by atoms with Crippen LogP contribution in [0.5, 0.6) is 11.5 Å². The number of methoxy groups -OCH3 is 2. The maximum Gasteiger partial charge on any atom is 0.308 e. The monoisotopic (exact) mass is 432 g/mol. The van der Waals surface area contributed by atoms with E-state index in [4.69, 9.17) is 9.47 Å². The van der Waals surface area contributed by atoms with E-state index < -0.39 is 23.5 Å². The molecule has 1 aliphatic rings. The fraction of sp³-hybridized carbons (Fsp3) is 0.458. The van der Waals surface area contributed by atoms with Crippen molar-refractivity contribution in [3.05, 3.63) is 59.4 Å². The van der Waals surface area contributed by atoms with Crippen molar-refractivity contribution < 1.29 is 33.6 Å². The fourth-order valence-electron chi connectivity index (χ4n) is 3.96. The number of carbonyl (C=O) groups excluding carboxylic acids is 1. The minimum absolute atomic E-state index is 0.123. The third-order valence-electron chi connectivity index (χ3n) is 5.92. The van der Waals surface area contributed by atoms with Crippen LogP contribution >= 0.6 is 0 Å². The Hall–Kier alpha value is -2.64. The molecule has 2 aromatic carbocycles. The van der Waals surface area contributed by atoms with Crippen LogP contribution in [0.1, 0.15) is 49.3 Å². The van der Waals surface area contributed by atoms with Crippen LogP contribution < -0.4 is 9.47 Å². The summed E-state index contributed by atoms with van der Waals surface area (Å²) in [5.74, 6) is 0.421. The van der Waals surface area contributed by atoms with Crippen molar-refractivity contribution in [1.29, 1.82) is 0 Å². The Labute approximate surface area is 181 Å². The number of aliphatic hydroxyl groups excluding tert-OH is 1. The van der Waals surface area contributed by atoms with Gasteiger partial charge in [-0.15, -0.1) is 0 Å². The molecule has 3 rings (SSSR count). The quantitative estimate of drug-likeness (QED) is 0.616. The topological polar surface area (TPSA) is 85.2 Å². The van der Waals surface area contributed by atoms with Gasteiger partial charge in [0.05, 0.1) is 39.0 Å². The molecule has 2 N–H and O–H groups in total. The maximum absolute atomic E-state index is 14.3. The van der Waals surface area contributed by atoms with E-state index in [0.717, 1.165) is 0 Å². The van der Waals surface area contributed by atoms with Crippen LogP contribution in [0.2, 0.25) is 0 Å². The zero-order valence-electron chi connectivity index (χ0n) is 17.8. The molecule has 0 heterocycles. The van der Waals surface area contributed by atoms with Crippen molar-refractivity contribution in [1.82, 2.24) is 0 Å². The average Bonchev–Trinajstić information content (AvgIpc) is 2.79. The lowest BCUT2D eigenvalue weighted by atomic mass is 9.75. The summed E-state index contributed by atoms with van der Waals surface area (Å²) in [5.41, 5.74) is -0.361. The van der Waals surface area contributed by atoms with Crippen LogP contribution in [-0.2, 0) is 15.1 Å². The van der Waals surface area contributed by atoms with Gasteiger partial charge in [0.15, 0.2) is 0 Å². The van der Waals surface area contributed by atoms with E-state index in [1.54, 1.807) is 30.3 Å². The van der Waals surface area contributed by atoms with Gasteiger partial charge in [0.2, 0.25) is 0 Å². The zero-order chi connectivity index (χ0) is 22.4. The van der Waals surface area contributed by atoms with E-state index in [1.165, 1.54) is 26.4 Å². The van der Waals surface area contributed by atoms with Gasteiger partial charge >= 0.3 is 5.97 Å². The number of ether oxygens (including phenoxy) is 3. The zero-order valence-corrected chi connectivity index (χ0v) is 17.8. The highest BCUT2D eigenvalue weighted by Crippen LogP contribution is 2.41. The average molecular weight is 432 g/mol. The van der Waals surface area contributed by atoms with Gasteiger partial charge < -0.3 is 24.4 Å². The summed E-state index contributed by atoms with van der Waals surface area (Å²) in [6.07, 6.45) is 1.17. The molecule has 0 spiro atoms. The summed E-state index contributed by atoms with van der Waals surface area (Å²) in [5, 5.41) is 21.2. The summed E-state index contributed by atoms with van der Waals surface area (Å²) < 4.78 is 30.0. The lowest BCUT2D eigenvalue weighted by molar-refractivity contribution is -0.142. The van der Waals surface area contributed by atoms with Gasteiger partial charge in [-0.1, -0.05) is 12.1 Å². The molecule has 1 atom stereocenters. The molecule has 1 saturated carbocycles. The number of halogens is 1. The first-order valence-corrected chi connectivity index (χ1v) is 10.4. The molecule has 1 fully saturated rings. The minimum atomic E-state index is -1.22. The third-order valence-corrected chi connectivity index (χ3v) is 5.92. The van der Waals surface area contributed by atoms with Crippen LogP contribution in [0.3, 0.4) is 0 Å². The number of rotatable bonds is 8. The third kappa shape index (κ3) is 5.74. The summed E-state index contributed by atoms with van der Waals surface area (Å²) in [4.78, 5) is 11.4. The predicted octanol–water partition coefficient (Wildman–Crippen LogP) is 3.89. The van der Waals surface area contributed by atoms with Crippen LogP contribution in [-0.4, -0.2) is 37.0 Å². The summed E-state index contributed by atoms with van der Waals surface area (Å²) >= 11 is 0. The van der Waals surface area contributed by atoms with Crippen molar-refractivity contribution in [2.45, 2.75) is 43.8 Å². The van der Waals surface area contributed by atoms with Crippen LogP contribution in [0.4, 0.5) is 4.39 Å².